The Labute approximate surface area is 75.4 Å². The van der Waals surface area contributed by atoms with Gasteiger partial charge in [-0.15, -0.1) is 6.58 Å². The van der Waals surface area contributed by atoms with Crippen molar-refractivity contribution in [2.45, 2.75) is 6.42 Å². The maximum absolute atomic E-state index is 11.0. The average molecular weight is 182 g/mol. The normalized spacial score (nSPS) is 9.75. The zero-order valence-electron chi connectivity index (χ0n) is 6.83. The first-order chi connectivity index (χ1) is 5.65. The van der Waals surface area contributed by atoms with Crippen LogP contribution >= 0.6 is 12.2 Å². The average Bonchev–Trinajstić information content (AvgIpc) is 2.00. The van der Waals surface area contributed by atoms with Crippen LogP contribution in [0.15, 0.2) is 23.5 Å². The van der Waals surface area contributed by atoms with Crippen LogP contribution in [0, 0.1) is 4.77 Å². The van der Waals surface area contributed by atoms with Crippen LogP contribution in [-0.4, -0.2) is 9.55 Å². The minimum Gasteiger partial charge on any atom is -0.325 e. The third-order valence-electron chi connectivity index (χ3n) is 1.62. The van der Waals surface area contributed by atoms with Gasteiger partial charge in [0.15, 0.2) is 4.77 Å². The highest BCUT2D eigenvalue weighted by molar-refractivity contribution is 7.71. The van der Waals surface area contributed by atoms with Gasteiger partial charge in [0.25, 0.3) is 5.56 Å². The largest absolute Gasteiger partial charge is 0.325 e. The molecule has 0 spiro atoms. The number of allylic oxidation sites excluding steroid dienone is 1. The second-order valence-electron chi connectivity index (χ2n) is 2.48. The Balaban J connectivity index is 3.37. The van der Waals surface area contributed by atoms with Crippen LogP contribution in [0.1, 0.15) is 5.69 Å². The van der Waals surface area contributed by atoms with E-state index in [9.17, 15) is 4.79 Å². The lowest BCUT2D eigenvalue weighted by molar-refractivity contribution is 0.777. The maximum Gasteiger partial charge on any atom is 0.251 e. The van der Waals surface area contributed by atoms with Gasteiger partial charge in [-0.3, -0.25) is 9.78 Å². The molecule has 0 radical (unpaired) electrons. The molecule has 64 valence electrons. The van der Waals surface area contributed by atoms with Gasteiger partial charge in [0.05, 0.1) is 0 Å². The van der Waals surface area contributed by atoms with E-state index >= 15 is 0 Å². The summed E-state index contributed by atoms with van der Waals surface area (Å²) in [6, 6.07) is 1.53. The first kappa shape index (κ1) is 8.93. The summed E-state index contributed by atoms with van der Waals surface area (Å²) in [7, 11) is 1.82. The molecule has 1 aromatic rings. The summed E-state index contributed by atoms with van der Waals surface area (Å²) in [5.74, 6) is 0. The molecule has 12 heavy (non-hydrogen) atoms. The Kier molecular flexibility index (Phi) is 2.60. The minimum atomic E-state index is -0.157. The molecule has 4 heteroatoms. The fourth-order valence-corrected chi connectivity index (χ4v) is 1.17. The summed E-state index contributed by atoms with van der Waals surface area (Å²) in [4.78, 5) is 13.5. The monoisotopic (exact) mass is 182 g/mol. The Morgan fingerprint density at radius 1 is 1.83 bits per heavy atom. The van der Waals surface area contributed by atoms with Gasteiger partial charge < -0.3 is 4.57 Å². The van der Waals surface area contributed by atoms with E-state index in [-0.39, 0.29) is 5.56 Å². The molecule has 0 saturated carbocycles. The molecular formula is C8H10N2OS. The van der Waals surface area contributed by atoms with E-state index in [0.717, 1.165) is 5.69 Å². The molecule has 0 bridgehead atoms. The molecule has 0 saturated heterocycles. The number of nitrogens with one attached hydrogen (secondary N) is 1. The smallest absolute Gasteiger partial charge is 0.251 e. The summed E-state index contributed by atoms with van der Waals surface area (Å²) >= 11 is 4.92. The number of nitrogens with zero attached hydrogens (tertiary/aromatic N) is 1. The first-order valence-electron chi connectivity index (χ1n) is 3.55. The fraction of sp³-hybridized carbons (Fsp3) is 0.250. The zero-order chi connectivity index (χ0) is 9.14. The van der Waals surface area contributed by atoms with Crippen molar-refractivity contribution < 1.29 is 0 Å². The molecule has 1 rings (SSSR count). The van der Waals surface area contributed by atoms with Crippen molar-refractivity contribution >= 4 is 12.2 Å². The van der Waals surface area contributed by atoms with Crippen molar-refractivity contribution in [2.24, 2.45) is 7.05 Å². The third kappa shape index (κ3) is 1.71. The summed E-state index contributed by atoms with van der Waals surface area (Å²) in [5, 5.41) is 0. The van der Waals surface area contributed by atoms with E-state index in [1.54, 1.807) is 10.6 Å². The van der Waals surface area contributed by atoms with Gasteiger partial charge in [-0.1, -0.05) is 6.08 Å². The summed E-state index contributed by atoms with van der Waals surface area (Å²) < 4.78 is 2.21. The number of H-pyrrole nitrogens is 1. The lowest BCUT2D eigenvalue weighted by atomic mass is 10.3. The van der Waals surface area contributed by atoms with Gasteiger partial charge in [0.1, 0.15) is 0 Å². The van der Waals surface area contributed by atoms with E-state index in [0.29, 0.717) is 11.2 Å². The molecule has 0 atom stereocenters. The Morgan fingerprint density at radius 2 is 2.50 bits per heavy atom. The highest BCUT2D eigenvalue weighted by Crippen LogP contribution is 1.95. The van der Waals surface area contributed by atoms with Gasteiger partial charge in [-0.25, -0.2) is 0 Å². The molecule has 1 heterocycles. The molecule has 0 unspecified atom stereocenters. The van der Waals surface area contributed by atoms with Crippen molar-refractivity contribution in [3.05, 3.63) is 39.5 Å². The van der Waals surface area contributed by atoms with Gasteiger partial charge in [0.2, 0.25) is 0 Å². The molecule has 0 aliphatic carbocycles. The van der Waals surface area contributed by atoms with Crippen LogP contribution in [0.3, 0.4) is 0 Å². The first-order valence-corrected chi connectivity index (χ1v) is 3.96. The van der Waals surface area contributed by atoms with E-state index in [1.165, 1.54) is 6.07 Å². The van der Waals surface area contributed by atoms with Gasteiger partial charge in [-0.05, 0) is 12.2 Å². The minimum absolute atomic E-state index is 0.157. The van der Waals surface area contributed by atoms with Crippen LogP contribution in [0.5, 0.6) is 0 Å². The zero-order valence-corrected chi connectivity index (χ0v) is 7.65. The second kappa shape index (κ2) is 3.49. The predicted octanol–water partition coefficient (Wildman–Crippen LogP) is 1.17. The highest BCUT2D eigenvalue weighted by Gasteiger charge is 1.96. The Bertz CT molecular complexity index is 402. The molecule has 3 nitrogen and oxygen atoms in total. The number of aromatic nitrogens is 2. The van der Waals surface area contributed by atoms with Crippen LogP contribution < -0.4 is 5.56 Å². The van der Waals surface area contributed by atoms with Crippen LogP contribution in [0.4, 0.5) is 0 Å². The van der Waals surface area contributed by atoms with Gasteiger partial charge >= 0.3 is 0 Å². The quantitative estimate of drug-likeness (QED) is 0.550. The van der Waals surface area contributed by atoms with Crippen molar-refractivity contribution in [2.75, 3.05) is 0 Å². The Morgan fingerprint density at radius 3 is 3.08 bits per heavy atom. The number of hydrogen-bond acceptors (Lipinski definition) is 2. The summed E-state index contributed by atoms with van der Waals surface area (Å²) in [5.41, 5.74) is 0.716. The SMILES string of the molecule is C=CCc1cc(=O)[nH]c(=S)n1C. The predicted molar refractivity (Wildman–Crippen MR) is 50.8 cm³/mol. The fourth-order valence-electron chi connectivity index (χ4n) is 0.948. The van der Waals surface area contributed by atoms with E-state index in [1.807, 2.05) is 7.05 Å². The van der Waals surface area contributed by atoms with E-state index in [4.69, 9.17) is 12.2 Å². The highest BCUT2D eigenvalue weighted by atomic mass is 32.1. The number of rotatable bonds is 2. The topological polar surface area (TPSA) is 37.8 Å². The molecule has 1 N–H and O–H groups in total. The number of hydrogen-bond donors (Lipinski definition) is 1. The van der Waals surface area contributed by atoms with Gasteiger partial charge in [-0.2, -0.15) is 0 Å². The maximum atomic E-state index is 11.0. The van der Waals surface area contributed by atoms with Crippen LogP contribution in [-0.2, 0) is 13.5 Å². The van der Waals surface area contributed by atoms with Crippen molar-refractivity contribution in [3.8, 4) is 0 Å². The molecule has 0 amide bonds. The lowest BCUT2D eigenvalue weighted by Gasteiger charge is -2.04. The van der Waals surface area contributed by atoms with Crippen molar-refractivity contribution in [3.63, 3.8) is 0 Å². The summed E-state index contributed by atoms with van der Waals surface area (Å²) in [6.45, 7) is 3.60. The molecule has 1 aromatic heterocycles. The Hall–Kier alpha value is -1.16. The van der Waals surface area contributed by atoms with E-state index < -0.39 is 0 Å². The second-order valence-corrected chi connectivity index (χ2v) is 2.87. The standard InChI is InChI=1S/C8H10N2OS/c1-3-4-6-5-7(11)9-8(12)10(6)2/h3,5H,1,4H2,2H3,(H,9,11,12). The summed E-state index contributed by atoms with van der Waals surface area (Å²) in [6.07, 6.45) is 2.40. The van der Waals surface area contributed by atoms with Crippen molar-refractivity contribution in [1.29, 1.82) is 0 Å². The van der Waals surface area contributed by atoms with E-state index in [2.05, 4.69) is 11.6 Å². The molecule has 0 aromatic carbocycles. The van der Waals surface area contributed by atoms with Crippen molar-refractivity contribution in [1.82, 2.24) is 9.55 Å². The third-order valence-corrected chi connectivity index (χ3v) is 1.99. The lowest BCUT2D eigenvalue weighted by Crippen LogP contribution is -2.13. The molecule has 0 aliphatic heterocycles. The van der Waals surface area contributed by atoms with Crippen LogP contribution in [0.25, 0.3) is 0 Å². The van der Waals surface area contributed by atoms with Gasteiger partial charge in [0, 0.05) is 25.2 Å². The molecule has 0 fully saturated rings. The van der Waals surface area contributed by atoms with Crippen LogP contribution in [0.2, 0.25) is 0 Å². The molecular weight excluding hydrogens is 172 g/mol. The molecule has 0 aliphatic rings. The number of aromatic amines is 1.